The van der Waals surface area contributed by atoms with Gasteiger partial charge in [0.2, 0.25) is 0 Å². The van der Waals surface area contributed by atoms with Crippen LogP contribution in [0, 0.1) is 0 Å². The van der Waals surface area contributed by atoms with Gasteiger partial charge in [-0.1, -0.05) is 69.0 Å². The lowest BCUT2D eigenvalue weighted by Gasteiger charge is -2.27. The lowest BCUT2D eigenvalue weighted by Crippen LogP contribution is -2.32. The van der Waals surface area contributed by atoms with Gasteiger partial charge in [-0.2, -0.15) is 0 Å². The van der Waals surface area contributed by atoms with Crippen molar-refractivity contribution < 1.29 is 5.11 Å². The molecule has 1 aliphatic carbocycles. The summed E-state index contributed by atoms with van der Waals surface area (Å²) in [6.07, 6.45) is 1.36. The van der Waals surface area contributed by atoms with Crippen LogP contribution in [0.15, 0.2) is 77.6 Å². The van der Waals surface area contributed by atoms with Gasteiger partial charge in [0.05, 0.1) is 23.4 Å². The van der Waals surface area contributed by atoms with E-state index in [1.807, 2.05) is 30.5 Å². The number of benzene rings is 2. The minimum absolute atomic E-state index is 0.0000549. The van der Waals surface area contributed by atoms with Crippen LogP contribution in [0.1, 0.15) is 68.0 Å². The number of hydrogen-bond acceptors (Lipinski definition) is 4. The summed E-state index contributed by atoms with van der Waals surface area (Å²) < 4.78 is 1.86. The average molecular weight is 522 g/mol. The zero-order valence-electron chi connectivity index (χ0n) is 23.6. The largest absolute Gasteiger partial charge is 0.384 e. The fourth-order valence-electron chi connectivity index (χ4n) is 5.94. The van der Waals surface area contributed by atoms with Crippen LogP contribution in [-0.2, 0) is 25.9 Å². The maximum Gasteiger partial charge on any atom is 0.254 e. The van der Waals surface area contributed by atoms with Crippen molar-refractivity contribution in [2.75, 3.05) is 6.54 Å². The highest BCUT2D eigenvalue weighted by Crippen LogP contribution is 2.39. The molecule has 0 saturated carbocycles. The van der Waals surface area contributed by atoms with Crippen molar-refractivity contribution in [3.8, 4) is 11.4 Å². The van der Waals surface area contributed by atoms with Crippen LogP contribution in [0.25, 0.3) is 22.3 Å². The van der Waals surface area contributed by atoms with Crippen LogP contribution in [0.4, 0.5) is 0 Å². The van der Waals surface area contributed by atoms with Gasteiger partial charge >= 0.3 is 0 Å². The first kappa shape index (κ1) is 27.0. The second-order valence-electron chi connectivity index (χ2n) is 10.7. The van der Waals surface area contributed by atoms with Gasteiger partial charge in [0.25, 0.3) is 5.56 Å². The number of para-hydroxylation sites is 1. The van der Waals surface area contributed by atoms with Gasteiger partial charge in [-0.15, -0.1) is 0 Å². The molecule has 2 aromatic carbocycles. The van der Waals surface area contributed by atoms with Crippen LogP contribution < -0.4 is 5.56 Å². The van der Waals surface area contributed by atoms with Gasteiger partial charge < -0.3 is 9.67 Å². The molecule has 1 unspecified atom stereocenters. The first-order chi connectivity index (χ1) is 18.9. The van der Waals surface area contributed by atoms with E-state index in [0.29, 0.717) is 31.0 Å². The fourth-order valence-corrected chi connectivity index (χ4v) is 5.94. The van der Waals surface area contributed by atoms with Crippen molar-refractivity contribution in [2.45, 2.75) is 72.2 Å². The number of aliphatic hydroxyl groups excluding tert-OH is 1. The van der Waals surface area contributed by atoms with E-state index in [0.717, 1.165) is 58.5 Å². The summed E-state index contributed by atoms with van der Waals surface area (Å²) in [6, 6.07) is 21.3. The number of hydrogen-bond donors (Lipinski definition) is 1. The molecule has 4 aromatic rings. The molecule has 2 aliphatic rings. The third-order valence-electron chi connectivity index (χ3n) is 8.09. The molecule has 0 amide bonds. The summed E-state index contributed by atoms with van der Waals surface area (Å²) in [7, 11) is 0. The van der Waals surface area contributed by atoms with E-state index in [1.54, 1.807) is 0 Å². The summed E-state index contributed by atoms with van der Waals surface area (Å²) in [5.74, 6) is 0. The van der Waals surface area contributed by atoms with Gasteiger partial charge in [-0.05, 0) is 67.5 Å². The first-order valence-electron chi connectivity index (χ1n) is 14.2. The highest BCUT2D eigenvalue weighted by atomic mass is 16.3. The molecule has 0 spiro atoms. The Hall–Kier alpha value is -3.54. The van der Waals surface area contributed by atoms with Gasteiger partial charge in [0.15, 0.2) is 0 Å². The number of aromatic nitrogens is 2. The molecule has 1 atom stereocenters. The Bertz CT molecular complexity index is 1570. The standard InChI is InChI=1S/C32H33N3O2.C2H6/c1-20(2)34(18-22-9-5-4-6-10-22)16-15-23-24-11-7-8-12-28(24)33-30-27(23)19-35-29(30)17-26-25(32(35)37)14-13-21(3)31(26)36;1-2/h4-12,17,20,31,36H,3,13-16,18-19H2,1-2H3;1-2H3. The second kappa shape index (κ2) is 11.3. The normalized spacial score (nSPS) is 15.7. The molecule has 0 saturated heterocycles. The van der Waals surface area contributed by atoms with Crippen molar-refractivity contribution in [1.29, 1.82) is 0 Å². The molecular weight excluding hydrogens is 482 g/mol. The molecule has 202 valence electrons. The summed E-state index contributed by atoms with van der Waals surface area (Å²) in [6.45, 7) is 14.9. The van der Waals surface area contributed by atoms with Crippen LogP contribution in [0.5, 0.6) is 0 Å². The first-order valence-corrected chi connectivity index (χ1v) is 14.2. The van der Waals surface area contributed by atoms with E-state index in [1.165, 1.54) is 11.1 Å². The number of rotatable bonds is 6. The molecule has 1 aliphatic heterocycles. The Kier molecular flexibility index (Phi) is 7.83. The third-order valence-corrected chi connectivity index (χ3v) is 8.09. The highest BCUT2D eigenvalue weighted by Gasteiger charge is 2.31. The lowest BCUT2D eigenvalue weighted by atomic mass is 9.87. The Labute approximate surface area is 231 Å². The predicted molar refractivity (Wildman–Crippen MR) is 160 cm³/mol. The highest BCUT2D eigenvalue weighted by molar-refractivity contribution is 5.88. The molecule has 39 heavy (non-hydrogen) atoms. The molecule has 0 fully saturated rings. The lowest BCUT2D eigenvalue weighted by molar-refractivity contribution is 0.205. The van der Waals surface area contributed by atoms with Gasteiger partial charge in [-0.25, -0.2) is 4.98 Å². The van der Waals surface area contributed by atoms with E-state index < -0.39 is 6.10 Å². The number of aliphatic hydroxyl groups is 1. The molecule has 5 heteroatoms. The zero-order valence-corrected chi connectivity index (χ0v) is 23.6. The Morgan fingerprint density at radius 2 is 1.77 bits per heavy atom. The quantitative estimate of drug-likeness (QED) is 0.261. The molecule has 0 bridgehead atoms. The van der Waals surface area contributed by atoms with E-state index >= 15 is 0 Å². The maximum absolute atomic E-state index is 13.6. The number of fused-ring (bicyclic) bond motifs is 5. The molecule has 1 N–H and O–H groups in total. The number of pyridine rings is 2. The summed E-state index contributed by atoms with van der Waals surface area (Å²) in [5, 5.41) is 12.0. The maximum atomic E-state index is 13.6. The zero-order chi connectivity index (χ0) is 27.7. The van der Waals surface area contributed by atoms with Gasteiger partial charge in [0.1, 0.15) is 6.10 Å². The molecule has 0 radical (unpaired) electrons. The van der Waals surface area contributed by atoms with Gasteiger partial charge in [0, 0.05) is 35.6 Å². The average Bonchev–Trinajstić information content (AvgIpc) is 3.32. The van der Waals surface area contributed by atoms with E-state index in [2.05, 4.69) is 73.9 Å². The Morgan fingerprint density at radius 3 is 2.51 bits per heavy atom. The second-order valence-corrected chi connectivity index (χ2v) is 10.7. The minimum atomic E-state index is -0.788. The summed E-state index contributed by atoms with van der Waals surface area (Å²) >= 11 is 0. The molecule has 2 aromatic heterocycles. The van der Waals surface area contributed by atoms with Crippen LogP contribution in [-0.4, -0.2) is 32.1 Å². The van der Waals surface area contributed by atoms with Crippen LogP contribution >= 0.6 is 0 Å². The monoisotopic (exact) mass is 521 g/mol. The molecule has 5 nitrogen and oxygen atoms in total. The van der Waals surface area contributed by atoms with Crippen molar-refractivity contribution >= 4 is 10.9 Å². The van der Waals surface area contributed by atoms with Crippen LogP contribution in [0.2, 0.25) is 0 Å². The minimum Gasteiger partial charge on any atom is -0.384 e. The summed E-state index contributed by atoms with van der Waals surface area (Å²) in [5.41, 5.74) is 8.53. The summed E-state index contributed by atoms with van der Waals surface area (Å²) in [4.78, 5) is 21.1. The van der Waals surface area contributed by atoms with E-state index in [4.69, 9.17) is 4.98 Å². The predicted octanol–water partition coefficient (Wildman–Crippen LogP) is 6.44. The van der Waals surface area contributed by atoms with Crippen molar-refractivity contribution in [2.24, 2.45) is 0 Å². The number of nitrogens with zero attached hydrogens (tertiary/aromatic N) is 3. The van der Waals surface area contributed by atoms with Crippen molar-refractivity contribution in [3.05, 3.63) is 111 Å². The topological polar surface area (TPSA) is 58.4 Å². The molecule has 6 rings (SSSR count). The molecular formula is C34H39N3O2. The SMILES string of the molecule is C=C1CCc2c(cc3n(c2=O)Cc2c-3nc3ccccc3c2CCN(Cc2ccccc2)C(C)C)C1O.CC. The Morgan fingerprint density at radius 1 is 1.05 bits per heavy atom. The van der Waals surface area contributed by atoms with E-state index in [-0.39, 0.29) is 5.56 Å². The van der Waals surface area contributed by atoms with Crippen LogP contribution in [0.3, 0.4) is 0 Å². The molecule has 3 heterocycles. The smallest absolute Gasteiger partial charge is 0.254 e. The van der Waals surface area contributed by atoms with Crippen molar-refractivity contribution in [3.63, 3.8) is 0 Å². The third kappa shape index (κ3) is 4.97. The van der Waals surface area contributed by atoms with E-state index in [9.17, 15) is 9.90 Å². The van der Waals surface area contributed by atoms with Crippen molar-refractivity contribution in [1.82, 2.24) is 14.5 Å². The Balaban J connectivity index is 0.00000151. The fraction of sp³-hybridized carbons (Fsp3) is 0.353. The van der Waals surface area contributed by atoms with Gasteiger partial charge in [-0.3, -0.25) is 9.69 Å².